The van der Waals surface area contributed by atoms with Gasteiger partial charge in [-0.15, -0.1) is 12.6 Å². The summed E-state index contributed by atoms with van der Waals surface area (Å²) in [5, 5.41) is 11.6. The van der Waals surface area contributed by atoms with Crippen LogP contribution in [0.15, 0.2) is 54.6 Å². The molecule has 6 heteroatoms. The molecule has 0 saturated carbocycles. The number of hydrogen-bond donors (Lipinski definition) is 3. The highest BCUT2D eigenvalue weighted by molar-refractivity contribution is 7.81. The van der Waals surface area contributed by atoms with Crippen LogP contribution in [0.3, 0.4) is 0 Å². The summed E-state index contributed by atoms with van der Waals surface area (Å²) in [5.74, 6) is -0.979. The molecule has 0 aliphatic carbocycles. The summed E-state index contributed by atoms with van der Waals surface area (Å²) in [4.78, 5) is 21.9. The third-order valence-electron chi connectivity index (χ3n) is 3.55. The Hall–Kier alpha value is -2.47. The Morgan fingerprint density at radius 2 is 1.75 bits per heavy atom. The van der Waals surface area contributed by atoms with E-state index < -0.39 is 17.0 Å². The number of amides is 1. The Morgan fingerprint density at radius 1 is 1.12 bits per heavy atom. The summed E-state index contributed by atoms with van der Waals surface area (Å²) < 4.78 is 5.48. The van der Waals surface area contributed by atoms with E-state index in [0.29, 0.717) is 11.3 Å². The normalized spacial score (nSPS) is 12.9. The number of ether oxygens (including phenoxy) is 1. The van der Waals surface area contributed by atoms with E-state index in [-0.39, 0.29) is 12.8 Å². The van der Waals surface area contributed by atoms with Crippen molar-refractivity contribution in [1.29, 1.82) is 0 Å². The van der Waals surface area contributed by atoms with Gasteiger partial charge in [0.1, 0.15) is 0 Å². The highest BCUT2D eigenvalue weighted by Gasteiger charge is 2.33. The SMILES string of the molecule is Cc1ccccc1NC(=O)OC(S)(CCC(=O)O)c1ccccc1. The smallest absolute Gasteiger partial charge is 0.413 e. The maximum absolute atomic E-state index is 12.3. The first kappa shape index (κ1) is 17.9. The van der Waals surface area contributed by atoms with Crippen LogP contribution in [0.25, 0.3) is 0 Å². The summed E-state index contributed by atoms with van der Waals surface area (Å²) in [6, 6.07) is 16.2. The molecule has 2 aromatic carbocycles. The van der Waals surface area contributed by atoms with Crippen LogP contribution in [0.5, 0.6) is 0 Å². The lowest BCUT2D eigenvalue weighted by molar-refractivity contribution is -0.137. The van der Waals surface area contributed by atoms with Gasteiger partial charge in [0.2, 0.25) is 0 Å². The van der Waals surface area contributed by atoms with Crippen LogP contribution in [-0.2, 0) is 14.5 Å². The summed E-state index contributed by atoms with van der Waals surface area (Å²) in [7, 11) is 0. The van der Waals surface area contributed by atoms with Crippen LogP contribution >= 0.6 is 12.6 Å². The number of thiol groups is 1. The average molecular weight is 345 g/mol. The van der Waals surface area contributed by atoms with Crippen LogP contribution in [0.2, 0.25) is 0 Å². The molecule has 1 amide bonds. The lowest BCUT2D eigenvalue weighted by Gasteiger charge is -2.28. The van der Waals surface area contributed by atoms with Gasteiger partial charge in [-0.1, -0.05) is 48.5 Å². The molecule has 2 rings (SSSR count). The van der Waals surface area contributed by atoms with Gasteiger partial charge in [-0.25, -0.2) is 4.79 Å². The highest BCUT2D eigenvalue weighted by atomic mass is 32.1. The van der Waals surface area contributed by atoms with E-state index in [1.165, 1.54) is 0 Å². The zero-order valence-corrected chi connectivity index (χ0v) is 14.1. The maximum atomic E-state index is 12.3. The van der Waals surface area contributed by atoms with E-state index in [1.807, 2.05) is 25.1 Å². The third-order valence-corrected chi connectivity index (χ3v) is 4.12. The van der Waals surface area contributed by atoms with Gasteiger partial charge in [0.25, 0.3) is 0 Å². The largest absolute Gasteiger partial charge is 0.481 e. The van der Waals surface area contributed by atoms with Crippen LogP contribution in [0.4, 0.5) is 10.5 Å². The molecule has 24 heavy (non-hydrogen) atoms. The van der Waals surface area contributed by atoms with Gasteiger partial charge in [0.05, 0.1) is 6.42 Å². The number of para-hydroxylation sites is 1. The molecule has 2 N–H and O–H groups in total. The standard InChI is InChI=1S/C18H19NO4S/c1-13-7-5-6-10-15(13)19-17(22)23-18(24,12-11-16(20)21)14-8-3-2-4-9-14/h2-10,24H,11-12H2,1H3,(H,19,22)(H,20,21). The quantitative estimate of drug-likeness (QED) is 0.542. The Morgan fingerprint density at radius 3 is 2.38 bits per heavy atom. The van der Waals surface area contributed by atoms with E-state index in [2.05, 4.69) is 17.9 Å². The topological polar surface area (TPSA) is 75.6 Å². The molecule has 0 heterocycles. The van der Waals surface area contributed by atoms with Gasteiger partial charge >= 0.3 is 12.1 Å². The van der Waals surface area contributed by atoms with Crippen molar-refractivity contribution in [3.8, 4) is 0 Å². The second kappa shape index (κ2) is 7.88. The number of benzene rings is 2. The molecular weight excluding hydrogens is 326 g/mol. The summed E-state index contributed by atoms with van der Waals surface area (Å²) >= 11 is 4.47. The first-order chi connectivity index (χ1) is 11.4. The Balaban J connectivity index is 2.17. The molecule has 0 aliphatic rings. The fraction of sp³-hybridized carbons (Fsp3) is 0.222. The van der Waals surface area contributed by atoms with Crippen LogP contribution in [-0.4, -0.2) is 17.2 Å². The summed E-state index contributed by atoms with van der Waals surface area (Å²) in [5.41, 5.74) is 2.14. The van der Waals surface area contributed by atoms with Crippen LogP contribution in [0.1, 0.15) is 24.0 Å². The lowest BCUT2D eigenvalue weighted by Crippen LogP contribution is -2.30. The zero-order valence-electron chi connectivity index (χ0n) is 13.2. The van der Waals surface area contributed by atoms with Gasteiger partial charge in [-0.05, 0) is 18.6 Å². The second-order valence-electron chi connectivity index (χ2n) is 5.37. The molecule has 0 fully saturated rings. The van der Waals surface area contributed by atoms with Gasteiger partial charge in [0, 0.05) is 17.7 Å². The fourth-order valence-electron chi connectivity index (χ4n) is 2.23. The number of hydrogen-bond acceptors (Lipinski definition) is 4. The predicted octanol–water partition coefficient (Wildman–Crippen LogP) is 4.19. The summed E-state index contributed by atoms with van der Waals surface area (Å²) in [6.07, 6.45) is -0.805. The summed E-state index contributed by atoms with van der Waals surface area (Å²) in [6.45, 7) is 1.87. The number of carboxylic acid groups (broad SMARTS) is 1. The molecule has 5 nitrogen and oxygen atoms in total. The van der Waals surface area contributed by atoms with Gasteiger partial charge < -0.3 is 9.84 Å². The van der Waals surface area contributed by atoms with Crippen molar-refractivity contribution in [3.63, 3.8) is 0 Å². The molecule has 0 aliphatic heterocycles. The predicted molar refractivity (Wildman–Crippen MR) is 95.3 cm³/mol. The van der Waals surface area contributed by atoms with Crippen LogP contribution < -0.4 is 5.32 Å². The molecule has 2 aromatic rings. The number of rotatable bonds is 6. The minimum Gasteiger partial charge on any atom is -0.481 e. The minimum atomic E-state index is -1.33. The number of carbonyl (C=O) groups excluding carboxylic acids is 1. The van der Waals surface area contributed by atoms with Gasteiger partial charge in [-0.3, -0.25) is 10.1 Å². The van der Waals surface area contributed by atoms with E-state index in [4.69, 9.17) is 9.84 Å². The zero-order chi connectivity index (χ0) is 17.6. The van der Waals surface area contributed by atoms with Crippen molar-refractivity contribution in [1.82, 2.24) is 0 Å². The van der Waals surface area contributed by atoms with E-state index in [0.717, 1.165) is 5.56 Å². The minimum absolute atomic E-state index is 0.0522. The van der Waals surface area contributed by atoms with Crippen molar-refractivity contribution < 1.29 is 19.4 Å². The first-order valence-corrected chi connectivity index (χ1v) is 7.91. The number of carbonyl (C=O) groups is 2. The number of anilines is 1. The maximum Gasteiger partial charge on any atom is 0.413 e. The Bertz CT molecular complexity index is 720. The Labute approximate surface area is 146 Å². The first-order valence-electron chi connectivity index (χ1n) is 7.46. The van der Waals surface area contributed by atoms with Gasteiger partial charge in [-0.2, -0.15) is 0 Å². The lowest BCUT2D eigenvalue weighted by atomic mass is 10.0. The number of nitrogens with one attached hydrogen (secondary N) is 1. The molecule has 1 unspecified atom stereocenters. The molecule has 0 bridgehead atoms. The monoisotopic (exact) mass is 345 g/mol. The molecule has 126 valence electrons. The van der Waals surface area contributed by atoms with E-state index >= 15 is 0 Å². The van der Waals surface area contributed by atoms with Crippen molar-refractivity contribution >= 4 is 30.4 Å². The number of aliphatic carboxylic acids is 1. The van der Waals surface area contributed by atoms with E-state index in [1.54, 1.807) is 36.4 Å². The molecule has 0 saturated heterocycles. The second-order valence-corrected chi connectivity index (χ2v) is 6.10. The number of carboxylic acids is 1. The number of aryl methyl sites for hydroxylation is 1. The highest BCUT2D eigenvalue weighted by Crippen LogP contribution is 2.35. The van der Waals surface area contributed by atoms with Crippen molar-refractivity contribution in [2.45, 2.75) is 24.7 Å². The van der Waals surface area contributed by atoms with E-state index in [9.17, 15) is 9.59 Å². The van der Waals surface area contributed by atoms with Gasteiger partial charge in [0.15, 0.2) is 4.93 Å². The average Bonchev–Trinajstić information content (AvgIpc) is 2.56. The molecule has 1 atom stereocenters. The third kappa shape index (κ3) is 4.76. The molecule has 0 aromatic heterocycles. The van der Waals surface area contributed by atoms with Crippen molar-refractivity contribution in [3.05, 3.63) is 65.7 Å². The molecule has 0 radical (unpaired) electrons. The van der Waals surface area contributed by atoms with Crippen molar-refractivity contribution in [2.24, 2.45) is 0 Å². The van der Waals surface area contributed by atoms with Crippen LogP contribution in [0, 0.1) is 6.92 Å². The Kier molecular flexibility index (Phi) is 5.87. The van der Waals surface area contributed by atoms with Crippen molar-refractivity contribution in [2.75, 3.05) is 5.32 Å². The molecular formula is C18H19NO4S. The fourth-order valence-corrected chi connectivity index (χ4v) is 2.58. The molecule has 0 spiro atoms.